The zero-order chi connectivity index (χ0) is 15.4. The Hall–Kier alpha value is -2.40. The Kier molecular flexibility index (Phi) is 4.55. The fourth-order valence-corrected chi connectivity index (χ4v) is 2.63. The molecule has 21 heavy (non-hydrogen) atoms. The quantitative estimate of drug-likeness (QED) is 0.864. The maximum atomic E-state index is 12.2. The average Bonchev–Trinajstić information content (AvgIpc) is 2.97. The molecular formula is C13H16N6OS. The minimum atomic E-state index is -0.337. The number of urea groups is 1. The Bertz CT molecular complexity index is 641. The third-order valence-corrected chi connectivity index (χ3v) is 3.82. The summed E-state index contributed by atoms with van der Waals surface area (Å²) >= 11 is 1.42. The van der Waals surface area contributed by atoms with E-state index in [0.717, 1.165) is 17.1 Å². The van der Waals surface area contributed by atoms with Gasteiger partial charge in [0.25, 0.3) is 0 Å². The third-order valence-electron chi connectivity index (χ3n) is 2.90. The Morgan fingerprint density at radius 1 is 1.52 bits per heavy atom. The number of terminal acetylenes is 1. The van der Waals surface area contributed by atoms with Crippen LogP contribution in [0.25, 0.3) is 5.70 Å². The van der Waals surface area contributed by atoms with Crippen LogP contribution in [0.15, 0.2) is 21.5 Å². The molecule has 0 spiro atoms. The van der Waals surface area contributed by atoms with Crippen molar-refractivity contribution in [2.45, 2.75) is 20.3 Å². The summed E-state index contributed by atoms with van der Waals surface area (Å²) in [6.45, 7) is 4.34. The molecule has 0 atom stereocenters. The number of nitrogens with zero attached hydrogens (tertiary/aromatic N) is 5. The molecule has 110 valence electrons. The lowest BCUT2D eigenvalue weighted by Crippen LogP contribution is -2.43. The van der Waals surface area contributed by atoms with Crippen molar-refractivity contribution in [3.05, 3.63) is 21.9 Å². The lowest BCUT2D eigenvalue weighted by molar-refractivity contribution is 0.159. The molecule has 2 N–H and O–H groups in total. The van der Waals surface area contributed by atoms with Gasteiger partial charge in [-0.1, -0.05) is 18.1 Å². The van der Waals surface area contributed by atoms with Crippen molar-refractivity contribution in [3.63, 3.8) is 0 Å². The molecule has 0 saturated heterocycles. The predicted molar refractivity (Wildman–Crippen MR) is 80.8 cm³/mol. The topological polar surface area (TPSA) is 87.2 Å². The van der Waals surface area contributed by atoms with Crippen LogP contribution in [-0.4, -0.2) is 34.0 Å². The highest BCUT2D eigenvalue weighted by Gasteiger charge is 2.29. The van der Waals surface area contributed by atoms with Gasteiger partial charge in [-0.25, -0.2) is 9.78 Å². The third kappa shape index (κ3) is 2.87. The van der Waals surface area contributed by atoms with Gasteiger partial charge < -0.3 is 5.73 Å². The molecule has 1 aromatic rings. The number of aromatic nitrogens is 1. The fraction of sp³-hybridized carbons (Fsp3) is 0.385. The number of amides is 2. The fourth-order valence-electron chi connectivity index (χ4n) is 1.78. The van der Waals surface area contributed by atoms with Crippen molar-refractivity contribution in [2.75, 3.05) is 13.1 Å². The van der Waals surface area contributed by atoms with Crippen molar-refractivity contribution < 1.29 is 4.79 Å². The highest BCUT2D eigenvalue weighted by molar-refractivity contribution is 7.10. The number of carbonyl (C=O) groups excluding carboxylic acids is 1. The molecule has 1 aliphatic rings. The van der Waals surface area contributed by atoms with Crippen LogP contribution in [0, 0.1) is 12.3 Å². The van der Waals surface area contributed by atoms with Gasteiger partial charge in [-0.3, -0.25) is 4.90 Å². The molecule has 2 amide bonds. The molecule has 0 radical (unpaired) electrons. The minimum Gasteiger partial charge on any atom is -0.393 e. The lowest BCUT2D eigenvalue weighted by Gasteiger charge is -2.29. The molecule has 7 nitrogen and oxygen atoms in total. The van der Waals surface area contributed by atoms with Gasteiger partial charge in [0.05, 0.1) is 5.69 Å². The minimum absolute atomic E-state index is 0.0727. The van der Waals surface area contributed by atoms with E-state index in [0.29, 0.717) is 23.1 Å². The Labute approximate surface area is 127 Å². The Morgan fingerprint density at radius 3 is 2.86 bits per heavy atom. The standard InChI is InChI=1S/C13H16N6OS/c1-4-7-19-13(20)18(6-3)11(16-17-19)10(14)12-15-9(5-2)8-21-12/h1,8H,5-7,14H2,2-3H3/b11-10-. The molecule has 1 aliphatic heterocycles. The van der Waals surface area contributed by atoms with Crippen molar-refractivity contribution in [1.29, 1.82) is 0 Å². The van der Waals surface area contributed by atoms with Gasteiger partial charge in [-0.15, -0.1) is 22.9 Å². The molecule has 2 rings (SSSR count). The van der Waals surface area contributed by atoms with E-state index >= 15 is 0 Å². The first-order chi connectivity index (χ1) is 10.1. The molecule has 0 fully saturated rings. The summed E-state index contributed by atoms with van der Waals surface area (Å²) in [5, 5.41) is 11.5. The van der Waals surface area contributed by atoms with Gasteiger partial charge in [-0.2, -0.15) is 5.01 Å². The molecule has 0 unspecified atom stereocenters. The van der Waals surface area contributed by atoms with E-state index in [9.17, 15) is 4.79 Å². The summed E-state index contributed by atoms with van der Waals surface area (Å²) in [6, 6.07) is -0.337. The monoisotopic (exact) mass is 304 g/mol. The number of hydrogen-bond donors (Lipinski definition) is 1. The van der Waals surface area contributed by atoms with Crippen molar-refractivity contribution in [2.24, 2.45) is 16.1 Å². The normalized spacial score (nSPS) is 17.1. The molecule has 0 aliphatic carbocycles. The van der Waals surface area contributed by atoms with E-state index in [4.69, 9.17) is 12.2 Å². The second-order valence-corrected chi connectivity index (χ2v) is 5.07. The molecule has 0 bridgehead atoms. The molecule has 8 heteroatoms. The maximum Gasteiger partial charge on any atom is 0.348 e. The average molecular weight is 304 g/mol. The molecular weight excluding hydrogens is 288 g/mol. The van der Waals surface area contributed by atoms with E-state index in [1.807, 2.05) is 19.2 Å². The van der Waals surface area contributed by atoms with E-state index in [2.05, 4.69) is 21.2 Å². The van der Waals surface area contributed by atoms with Crippen molar-refractivity contribution in [1.82, 2.24) is 14.9 Å². The van der Waals surface area contributed by atoms with Gasteiger partial charge in [0.1, 0.15) is 17.2 Å². The summed E-state index contributed by atoms with van der Waals surface area (Å²) in [6.07, 6.45) is 6.03. The van der Waals surface area contributed by atoms with E-state index in [-0.39, 0.29) is 12.6 Å². The largest absolute Gasteiger partial charge is 0.393 e. The summed E-state index contributed by atoms with van der Waals surface area (Å²) in [4.78, 5) is 18.1. The summed E-state index contributed by atoms with van der Waals surface area (Å²) in [7, 11) is 0. The maximum absolute atomic E-state index is 12.2. The van der Waals surface area contributed by atoms with Crippen LogP contribution in [0.5, 0.6) is 0 Å². The zero-order valence-corrected chi connectivity index (χ0v) is 12.7. The first-order valence-electron chi connectivity index (χ1n) is 6.51. The second kappa shape index (κ2) is 6.37. The molecule has 0 aromatic carbocycles. The molecule has 2 heterocycles. The van der Waals surface area contributed by atoms with Crippen LogP contribution in [0.3, 0.4) is 0 Å². The molecule has 1 aromatic heterocycles. The first kappa shape index (κ1) is 15.0. The number of hydrogen-bond acceptors (Lipinski definition) is 6. The summed E-state index contributed by atoms with van der Waals surface area (Å²) < 4.78 is 0. The number of thiazole rings is 1. The summed E-state index contributed by atoms with van der Waals surface area (Å²) in [5.41, 5.74) is 7.41. The predicted octanol–water partition coefficient (Wildman–Crippen LogP) is 2.05. The number of carbonyl (C=O) groups is 1. The zero-order valence-electron chi connectivity index (χ0n) is 11.9. The van der Waals surface area contributed by atoms with Gasteiger partial charge in [-0.05, 0) is 13.3 Å². The van der Waals surface area contributed by atoms with Crippen LogP contribution < -0.4 is 5.73 Å². The van der Waals surface area contributed by atoms with Crippen LogP contribution in [-0.2, 0) is 6.42 Å². The highest BCUT2D eigenvalue weighted by Crippen LogP contribution is 2.25. The first-order valence-corrected chi connectivity index (χ1v) is 7.39. The Balaban J connectivity index is 2.41. The lowest BCUT2D eigenvalue weighted by atomic mass is 10.3. The second-order valence-electron chi connectivity index (χ2n) is 4.21. The highest BCUT2D eigenvalue weighted by atomic mass is 32.1. The van der Waals surface area contributed by atoms with Crippen LogP contribution in [0.1, 0.15) is 24.5 Å². The van der Waals surface area contributed by atoms with Gasteiger partial charge in [0.15, 0.2) is 5.82 Å². The van der Waals surface area contributed by atoms with Crippen LogP contribution in [0.4, 0.5) is 4.79 Å². The van der Waals surface area contributed by atoms with E-state index in [1.165, 1.54) is 16.2 Å². The van der Waals surface area contributed by atoms with E-state index in [1.54, 1.807) is 0 Å². The SMILES string of the molecule is C#CCN1N=N/C(=C(/N)c2nc(CC)cs2)N(CC)C1=O. The van der Waals surface area contributed by atoms with Crippen molar-refractivity contribution >= 4 is 23.1 Å². The van der Waals surface area contributed by atoms with E-state index < -0.39 is 0 Å². The van der Waals surface area contributed by atoms with Crippen molar-refractivity contribution in [3.8, 4) is 12.3 Å². The number of aryl methyl sites for hydroxylation is 1. The summed E-state index contributed by atoms with van der Waals surface area (Å²) in [5.74, 6) is 2.68. The van der Waals surface area contributed by atoms with Gasteiger partial charge in [0, 0.05) is 11.9 Å². The van der Waals surface area contributed by atoms with Gasteiger partial charge >= 0.3 is 6.03 Å². The van der Waals surface area contributed by atoms with Gasteiger partial charge in [0.2, 0.25) is 0 Å². The molecule has 0 saturated carbocycles. The number of nitrogens with two attached hydrogens (primary N) is 1. The number of rotatable bonds is 4. The smallest absolute Gasteiger partial charge is 0.348 e. The van der Waals surface area contributed by atoms with Crippen LogP contribution >= 0.6 is 11.3 Å². The van der Waals surface area contributed by atoms with Crippen LogP contribution in [0.2, 0.25) is 0 Å². The Morgan fingerprint density at radius 2 is 2.29 bits per heavy atom.